The highest BCUT2D eigenvalue weighted by Crippen LogP contribution is 2.31. The van der Waals surface area contributed by atoms with Crippen molar-refractivity contribution in [1.82, 2.24) is 9.80 Å². The largest absolute Gasteiger partial charge is 0.306 e. The van der Waals surface area contributed by atoms with Gasteiger partial charge in [-0.25, -0.2) is 8.78 Å². The molecule has 0 N–H and O–H groups in total. The van der Waals surface area contributed by atoms with E-state index in [1.54, 1.807) is 0 Å². The van der Waals surface area contributed by atoms with Crippen molar-refractivity contribution in [3.63, 3.8) is 0 Å². The van der Waals surface area contributed by atoms with E-state index in [-0.39, 0.29) is 13.1 Å². The van der Waals surface area contributed by atoms with Crippen LogP contribution in [0.5, 0.6) is 0 Å². The molecule has 0 amide bonds. The third kappa shape index (κ3) is 1.99. The molecule has 0 aromatic carbocycles. The van der Waals surface area contributed by atoms with E-state index in [9.17, 15) is 8.78 Å². The Labute approximate surface area is 77.5 Å². The number of hydrogen-bond donors (Lipinski definition) is 0. The second-order valence-corrected chi connectivity index (χ2v) is 4.30. The summed E-state index contributed by atoms with van der Waals surface area (Å²) in [5.74, 6) is -2.40. The van der Waals surface area contributed by atoms with Crippen LogP contribution in [0.25, 0.3) is 0 Å². The molecule has 2 aliphatic heterocycles. The maximum Gasteiger partial charge on any atom is 0.272 e. The van der Waals surface area contributed by atoms with Gasteiger partial charge >= 0.3 is 0 Å². The van der Waals surface area contributed by atoms with Crippen molar-refractivity contribution in [1.29, 1.82) is 0 Å². The molecule has 0 atom stereocenters. The maximum absolute atomic E-state index is 12.6. The topological polar surface area (TPSA) is 6.48 Å². The SMILES string of the molecule is CN1CCC(N2CC(F)(F)C2)CC1. The van der Waals surface area contributed by atoms with Crippen LogP contribution in [0.3, 0.4) is 0 Å². The highest BCUT2D eigenvalue weighted by molar-refractivity contribution is 4.92. The van der Waals surface area contributed by atoms with Crippen LogP contribution in [0.15, 0.2) is 0 Å². The Balaban J connectivity index is 1.78. The van der Waals surface area contributed by atoms with Gasteiger partial charge in [0.2, 0.25) is 0 Å². The number of alkyl halides is 2. The molecule has 76 valence electrons. The van der Waals surface area contributed by atoms with Gasteiger partial charge in [0, 0.05) is 6.04 Å². The summed E-state index contributed by atoms with van der Waals surface area (Å²) < 4.78 is 25.1. The monoisotopic (exact) mass is 190 g/mol. The maximum atomic E-state index is 12.6. The van der Waals surface area contributed by atoms with E-state index in [1.807, 2.05) is 4.90 Å². The van der Waals surface area contributed by atoms with E-state index in [0.717, 1.165) is 25.9 Å². The quantitative estimate of drug-likeness (QED) is 0.609. The Morgan fingerprint density at radius 2 is 1.69 bits per heavy atom. The Bertz CT molecular complexity index is 180. The number of piperidine rings is 1. The van der Waals surface area contributed by atoms with Crippen LogP contribution >= 0.6 is 0 Å². The summed E-state index contributed by atoms with van der Waals surface area (Å²) >= 11 is 0. The molecular formula is C9H16F2N2. The molecule has 2 heterocycles. The second-order valence-electron chi connectivity index (χ2n) is 4.30. The summed E-state index contributed by atoms with van der Waals surface area (Å²) in [5.41, 5.74) is 0. The fourth-order valence-corrected chi connectivity index (χ4v) is 2.17. The third-order valence-corrected chi connectivity index (χ3v) is 3.07. The summed E-state index contributed by atoms with van der Waals surface area (Å²) in [4.78, 5) is 4.18. The van der Waals surface area contributed by atoms with Gasteiger partial charge in [-0.15, -0.1) is 0 Å². The van der Waals surface area contributed by atoms with Crippen molar-refractivity contribution in [2.24, 2.45) is 0 Å². The lowest BCUT2D eigenvalue weighted by Gasteiger charge is -2.46. The Morgan fingerprint density at radius 3 is 2.15 bits per heavy atom. The van der Waals surface area contributed by atoms with Crippen LogP contribution in [-0.2, 0) is 0 Å². The minimum Gasteiger partial charge on any atom is -0.306 e. The first kappa shape index (κ1) is 9.34. The average molecular weight is 190 g/mol. The van der Waals surface area contributed by atoms with E-state index < -0.39 is 5.92 Å². The van der Waals surface area contributed by atoms with Crippen LogP contribution in [0.2, 0.25) is 0 Å². The number of hydrogen-bond acceptors (Lipinski definition) is 2. The van der Waals surface area contributed by atoms with E-state index in [1.165, 1.54) is 0 Å². The first-order chi connectivity index (χ1) is 6.07. The van der Waals surface area contributed by atoms with Crippen molar-refractivity contribution in [3.8, 4) is 0 Å². The zero-order valence-corrected chi connectivity index (χ0v) is 7.97. The van der Waals surface area contributed by atoms with Crippen LogP contribution in [0, 0.1) is 0 Å². The van der Waals surface area contributed by atoms with Crippen molar-refractivity contribution in [3.05, 3.63) is 0 Å². The van der Waals surface area contributed by atoms with Gasteiger partial charge in [0.25, 0.3) is 5.92 Å². The van der Waals surface area contributed by atoms with Crippen molar-refractivity contribution >= 4 is 0 Å². The van der Waals surface area contributed by atoms with Gasteiger partial charge in [0.1, 0.15) is 0 Å². The van der Waals surface area contributed by atoms with Crippen LogP contribution in [0.1, 0.15) is 12.8 Å². The van der Waals surface area contributed by atoms with Gasteiger partial charge in [-0.2, -0.15) is 0 Å². The fourth-order valence-electron chi connectivity index (χ4n) is 2.17. The van der Waals surface area contributed by atoms with Crippen LogP contribution in [0.4, 0.5) is 8.78 Å². The molecule has 0 spiro atoms. The normalized spacial score (nSPS) is 31.6. The molecule has 2 aliphatic rings. The minimum atomic E-state index is -2.40. The van der Waals surface area contributed by atoms with Gasteiger partial charge in [0.15, 0.2) is 0 Å². The number of rotatable bonds is 1. The number of nitrogens with zero attached hydrogens (tertiary/aromatic N) is 2. The molecule has 0 radical (unpaired) electrons. The van der Waals surface area contributed by atoms with E-state index in [2.05, 4.69) is 11.9 Å². The fraction of sp³-hybridized carbons (Fsp3) is 1.00. The highest BCUT2D eigenvalue weighted by Gasteiger charge is 2.46. The van der Waals surface area contributed by atoms with Gasteiger partial charge < -0.3 is 4.90 Å². The molecular weight excluding hydrogens is 174 g/mol. The second kappa shape index (κ2) is 3.17. The van der Waals surface area contributed by atoms with Gasteiger partial charge in [-0.05, 0) is 33.0 Å². The molecule has 0 unspecified atom stereocenters. The molecule has 0 bridgehead atoms. The molecule has 2 saturated heterocycles. The third-order valence-electron chi connectivity index (χ3n) is 3.07. The predicted octanol–water partition coefficient (Wildman–Crippen LogP) is 1.03. The average Bonchev–Trinajstić information content (AvgIpc) is 2.01. The van der Waals surface area contributed by atoms with Gasteiger partial charge in [-0.1, -0.05) is 0 Å². The molecule has 2 rings (SSSR count). The first-order valence-electron chi connectivity index (χ1n) is 4.87. The van der Waals surface area contributed by atoms with E-state index >= 15 is 0 Å². The van der Waals surface area contributed by atoms with Gasteiger partial charge in [-0.3, -0.25) is 4.90 Å². The summed E-state index contributed by atoms with van der Waals surface area (Å²) in [7, 11) is 2.08. The summed E-state index contributed by atoms with van der Waals surface area (Å²) in [5, 5.41) is 0. The smallest absolute Gasteiger partial charge is 0.272 e. The summed E-state index contributed by atoms with van der Waals surface area (Å²) in [6.45, 7) is 2.07. The zero-order valence-electron chi connectivity index (χ0n) is 7.97. The standard InChI is InChI=1S/C9H16F2N2/c1-12-4-2-8(3-5-12)13-6-9(10,11)7-13/h8H,2-7H2,1H3. The van der Waals surface area contributed by atoms with Crippen molar-refractivity contribution in [2.75, 3.05) is 33.2 Å². The Kier molecular flexibility index (Phi) is 2.28. The Morgan fingerprint density at radius 1 is 1.15 bits per heavy atom. The molecule has 0 aliphatic carbocycles. The summed E-state index contributed by atoms with van der Waals surface area (Å²) in [6.07, 6.45) is 2.10. The molecule has 0 saturated carbocycles. The summed E-state index contributed by atoms with van der Waals surface area (Å²) in [6, 6.07) is 0.413. The molecule has 0 aromatic rings. The zero-order chi connectivity index (χ0) is 9.47. The lowest BCUT2D eigenvalue weighted by molar-refractivity contribution is -0.151. The molecule has 2 nitrogen and oxygen atoms in total. The van der Waals surface area contributed by atoms with Crippen molar-refractivity contribution < 1.29 is 8.78 Å². The lowest BCUT2D eigenvalue weighted by atomic mass is 9.98. The predicted molar refractivity (Wildman–Crippen MR) is 47.0 cm³/mol. The van der Waals surface area contributed by atoms with Crippen LogP contribution < -0.4 is 0 Å². The van der Waals surface area contributed by atoms with Crippen LogP contribution in [-0.4, -0.2) is 55.0 Å². The minimum absolute atomic E-state index is 0.0125. The van der Waals surface area contributed by atoms with Crippen molar-refractivity contribution in [2.45, 2.75) is 24.8 Å². The molecule has 13 heavy (non-hydrogen) atoms. The number of likely N-dealkylation sites (tertiary alicyclic amines) is 2. The highest BCUT2D eigenvalue weighted by atomic mass is 19.3. The lowest BCUT2D eigenvalue weighted by Crippen LogP contribution is -2.61. The van der Waals surface area contributed by atoms with Gasteiger partial charge in [0.05, 0.1) is 13.1 Å². The molecule has 2 fully saturated rings. The first-order valence-corrected chi connectivity index (χ1v) is 4.87. The Hall–Kier alpha value is -0.220. The molecule has 0 aromatic heterocycles. The van der Waals surface area contributed by atoms with E-state index in [0.29, 0.717) is 6.04 Å². The number of halogens is 2. The molecule has 4 heteroatoms. The van der Waals surface area contributed by atoms with E-state index in [4.69, 9.17) is 0 Å².